The fourth-order valence-corrected chi connectivity index (χ4v) is 1.55. The minimum Gasteiger partial charge on any atom is -0.490 e. The molecule has 2 heterocycles. The van der Waals surface area contributed by atoms with Crippen LogP contribution >= 0.6 is 0 Å². The highest BCUT2D eigenvalue weighted by Crippen LogP contribution is 2.24. The second kappa shape index (κ2) is 3.64. The molecule has 3 rings (SSSR count). The maximum absolute atomic E-state index is 11.3. The van der Waals surface area contributed by atoms with Gasteiger partial charge in [0.25, 0.3) is 0 Å². The van der Waals surface area contributed by atoms with Crippen molar-refractivity contribution in [2.24, 2.45) is 0 Å². The molecular weight excluding hydrogens is 208 g/mol. The predicted octanol–water partition coefficient (Wildman–Crippen LogP) is 1.57. The molecule has 0 spiro atoms. The zero-order chi connectivity index (χ0) is 11.0. The number of epoxide rings is 1. The van der Waals surface area contributed by atoms with Crippen molar-refractivity contribution >= 4 is 11.0 Å². The number of ether oxygens (including phenoxy) is 2. The normalized spacial score (nSPS) is 18.6. The lowest BCUT2D eigenvalue weighted by molar-refractivity contribution is 0.264. The van der Waals surface area contributed by atoms with Crippen molar-refractivity contribution in [3.8, 4) is 5.75 Å². The Morgan fingerprint density at radius 1 is 1.38 bits per heavy atom. The third-order valence-corrected chi connectivity index (χ3v) is 2.44. The maximum Gasteiger partial charge on any atom is 0.339 e. The van der Waals surface area contributed by atoms with Crippen molar-refractivity contribution < 1.29 is 13.9 Å². The fourth-order valence-electron chi connectivity index (χ4n) is 1.55. The molecule has 1 aromatic carbocycles. The second-order valence-electron chi connectivity index (χ2n) is 3.69. The van der Waals surface area contributed by atoms with Gasteiger partial charge in [-0.3, -0.25) is 0 Å². The SMILES string of the molecule is O=c1cc(OCC2CO2)c2ccccc2o1. The Morgan fingerprint density at radius 2 is 2.19 bits per heavy atom. The molecule has 4 nitrogen and oxygen atoms in total. The van der Waals surface area contributed by atoms with Gasteiger partial charge in [-0.05, 0) is 12.1 Å². The first kappa shape index (κ1) is 9.42. The number of para-hydroxylation sites is 1. The molecule has 1 unspecified atom stereocenters. The summed E-state index contributed by atoms with van der Waals surface area (Å²) in [5.74, 6) is 0.558. The van der Waals surface area contributed by atoms with Crippen molar-refractivity contribution in [3.63, 3.8) is 0 Å². The molecule has 0 aliphatic carbocycles. The summed E-state index contributed by atoms with van der Waals surface area (Å²) < 4.78 is 15.6. The third-order valence-electron chi connectivity index (χ3n) is 2.44. The zero-order valence-electron chi connectivity index (χ0n) is 8.51. The number of hydrogen-bond donors (Lipinski definition) is 0. The van der Waals surface area contributed by atoms with E-state index in [1.807, 2.05) is 18.2 Å². The Kier molecular flexibility index (Phi) is 2.15. The molecule has 1 aliphatic rings. The van der Waals surface area contributed by atoms with E-state index < -0.39 is 5.63 Å². The van der Waals surface area contributed by atoms with E-state index in [0.29, 0.717) is 17.9 Å². The van der Waals surface area contributed by atoms with Crippen LogP contribution in [0.4, 0.5) is 0 Å². The molecule has 1 aliphatic heterocycles. The average molecular weight is 218 g/mol. The van der Waals surface area contributed by atoms with Gasteiger partial charge in [0.1, 0.15) is 24.0 Å². The molecule has 82 valence electrons. The molecule has 2 aromatic rings. The lowest BCUT2D eigenvalue weighted by atomic mass is 10.2. The molecule has 0 saturated carbocycles. The van der Waals surface area contributed by atoms with Gasteiger partial charge in [-0.2, -0.15) is 0 Å². The summed E-state index contributed by atoms with van der Waals surface area (Å²) in [6.07, 6.45) is 0.172. The number of fused-ring (bicyclic) bond motifs is 1. The van der Waals surface area contributed by atoms with Crippen LogP contribution in [0.15, 0.2) is 39.5 Å². The first-order chi connectivity index (χ1) is 7.83. The average Bonchev–Trinajstić information content (AvgIpc) is 3.09. The van der Waals surface area contributed by atoms with Crippen LogP contribution in [0.5, 0.6) is 5.75 Å². The van der Waals surface area contributed by atoms with Gasteiger partial charge < -0.3 is 13.9 Å². The Labute approximate surface area is 91.4 Å². The van der Waals surface area contributed by atoms with Crippen LogP contribution in [-0.2, 0) is 4.74 Å². The van der Waals surface area contributed by atoms with Crippen LogP contribution in [0.1, 0.15) is 0 Å². The highest BCUT2D eigenvalue weighted by Gasteiger charge is 2.23. The van der Waals surface area contributed by atoms with Crippen molar-refractivity contribution in [1.82, 2.24) is 0 Å². The van der Waals surface area contributed by atoms with Gasteiger partial charge in [0.15, 0.2) is 0 Å². The van der Waals surface area contributed by atoms with E-state index in [2.05, 4.69) is 0 Å². The summed E-state index contributed by atoms with van der Waals surface area (Å²) in [5, 5.41) is 0.808. The van der Waals surface area contributed by atoms with Gasteiger partial charge >= 0.3 is 5.63 Å². The van der Waals surface area contributed by atoms with Crippen molar-refractivity contribution in [2.75, 3.05) is 13.2 Å². The number of benzene rings is 1. The van der Waals surface area contributed by atoms with Crippen LogP contribution in [0.2, 0.25) is 0 Å². The van der Waals surface area contributed by atoms with Gasteiger partial charge in [0.05, 0.1) is 18.1 Å². The number of rotatable bonds is 3. The highest BCUT2D eigenvalue weighted by molar-refractivity contribution is 5.82. The Hall–Kier alpha value is -1.81. The molecule has 4 heteroatoms. The molecule has 0 amide bonds. The molecule has 1 saturated heterocycles. The molecule has 16 heavy (non-hydrogen) atoms. The predicted molar refractivity (Wildman–Crippen MR) is 57.7 cm³/mol. The minimum absolute atomic E-state index is 0.172. The van der Waals surface area contributed by atoms with Crippen LogP contribution in [0.3, 0.4) is 0 Å². The van der Waals surface area contributed by atoms with E-state index in [1.165, 1.54) is 6.07 Å². The quantitative estimate of drug-likeness (QED) is 0.579. The van der Waals surface area contributed by atoms with E-state index in [0.717, 1.165) is 12.0 Å². The monoisotopic (exact) mass is 218 g/mol. The van der Waals surface area contributed by atoms with Gasteiger partial charge in [0, 0.05) is 0 Å². The van der Waals surface area contributed by atoms with E-state index in [9.17, 15) is 4.79 Å². The Balaban J connectivity index is 2.02. The van der Waals surface area contributed by atoms with Crippen LogP contribution in [-0.4, -0.2) is 19.3 Å². The topological polar surface area (TPSA) is 52.0 Å². The molecule has 0 radical (unpaired) electrons. The van der Waals surface area contributed by atoms with Crippen LogP contribution < -0.4 is 10.4 Å². The Morgan fingerprint density at radius 3 is 3.00 bits per heavy atom. The van der Waals surface area contributed by atoms with Gasteiger partial charge in [0.2, 0.25) is 0 Å². The van der Waals surface area contributed by atoms with E-state index >= 15 is 0 Å². The Bertz CT molecular complexity index is 568. The molecule has 0 N–H and O–H groups in total. The van der Waals surface area contributed by atoms with Crippen LogP contribution in [0.25, 0.3) is 11.0 Å². The van der Waals surface area contributed by atoms with E-state index in [4.69, 9.17) is 13.9 Å². The smallest absolute Gasteiger partial charge is 0.339 e. The summed E-state index contributed by atoms with van der Waals surface area (Å²) in [5.41, 5.74) is 0.145. The largest absolute Gasteiger partial charge is 0.490 e. The van der Waals surface area contributed by atoms with E-state index in [1.54, 1.807) is 6.07 Å². The zero-order valence-corrected chi connectivity index (χ0v) is 8.51. The molecule has 1 aromatic heterocycles. The lowest BCUT2D eigenvalue weighted by Crippen LogP contribution is -2.07. The summed E-state index contributed by atoms with van der Waals surface area (Å²) in [6.45, 7) is 1.22. The van der Waals surface area contributed by atoms with Crippen molar-refractivity contribution in [3.05, 3.63) is 40.8 Å². The van der Waals surface area contributed by atoms with Gasteiger partial charge in [-0.15, -0.1) is 0 Å². The summed E-state index contributed by atoms with van der Waals surface area (Å²) in [4.78, 5) is 11.3. The van der Waals surface area contributed by atoms with Gasteiger partial charge in [-0.25, -0.2) is 4.79 Å². The van der Waals surface area contributed by atoms with Crippen molar-refractivity contribution in [2.45, 2.75) is 6.10 Å². The standard InChI is InChI=1S/C12H10O4/c13-12-5-11(15-7-8-6-14-8)9-3-1-2-4-10(9)16-12/h1-5,8H,6-7H2. The molecule has 1 atom stereocenters. The molecular formula is C12H10O4. The summed E-state index contributed by atoms with van der Waals surface area (Å²) in [7, 11) is 0. The lowest BCUT2D eigenvalue weighted by Gasteiger charge is -2.06. The summed E-state index contributed by atoms with van der Waals surface area (Å²) >= 11 is 0. The number of hydrogen-bond acceptors (Lipinski definition) is 4. The molecule has 0 bridgehead atoms. The first-order valence-electron chi connectivity index (χ1n) is 5.10. The second-order valence-corrected chi connectivity index (χ2v) is 3.69. The van der Waals surface area contributed by atoms with Crippen LogP contribution in [0, 0.1) is 0 Å². The first-order valence-corrected chi connectivity index (χ1v) is 5.10. The highest BCUT2D eigenvalue weighted by atomic mass is 16.6. The maximum atomic E-state index is 11.3. The fraction of sp³-hybridized carbons (Fsp3) is 0.250. The summed E-state index contributed by atoms with van der Waals surface area (Å²) in [6, 6.07) is 8.67. The van der Waals surface area contributed by atoms with E-state index in [-0.39, 0.29) is 6.10 Å². The third kappa shape index (κ3) is 1.79. The minimum atomic E-state index is -0.398. The van der Waals surface area contributed by atoms with Crippen molar-refractivity contribution in [1.29, 1.82) is 0 Å². The molecule has 1 fully saturated rings. The van der Waals surface area contributed by atoms with Gasteiger partial charge in [-0.1, -0.05) is 12.1 Å².